The number of alkyl halides is 1. The van der Waals surface area contributed by atoms with E-state index in [-0.39, 0.29) is 88.8 Å². The number of nitro groups is 3. The summed E-state index contributed by atoms with van der Waals surface area (Å²) in [6.07, 6.45) is -13.0. The normalized spacial score (nSPS) is 23.3. The van der Waals surface area contributed by atoms with Crippen LogP contribution in [0.1, 0.15) is 122 Å². The van der Waals surface area contributed by atoms with Gasteiger partial charge in [-0.3, -0.25) is 73.5 Å². The number of hydrogen-bond acceptors (Lipinski definition) is 42. The summed E-state index contributed by atoms with van der Waals surface area (Å²) in [5, 5.41) is 48.6. The van der Waals surface area contributed by atoms with Crippen molar-refractivity contribution >= 4 is 117 Å². The number of hydrogen-bond donors (Lipinski definition) is 2. The lowest BCUT2D eigenvalue weighted by molar-refractivity contribution is -0.385. The molecule has 0 radical (unpaired) electrons. The number of non-ortho nitro benzene ring substituents is 3. The monoisotopic (exact) mass is 2030 g/mol. The standard InChI is InChI=1S/C25H27NO11.C18H24O7.C18H22O7.C13H17BrO8.C13H8N2O7.C7H6O2/c1-14-15(2)24(37-22(23(28)32-4)21(14)34-16(3)27)35-19-9-5-17(6-10-19)13-33-25(29)36-20-11-7-18(8-12-20)26(30)31;2*1-10-11(2)18(24-14-7-5-13(9-19)6-8-14)25-16(17(21)22-4)15(10)23-12(3)20;1-5(15)9-10(19-6(2)16)11(20-7(3)17)12(13(14)22-9)21-8(4)18;16-13(21-11-5-1-9(2-6-11)14(17)18)22-12-7-3-10(4-8-12)15(19)20;8-5-6-1-3-7(9)4-2-6/h5-12,14-15,21-22,24H,13H2,1-4H3;5-8,10-11,15-16,18-19H,9H2,1-4H3;5-11,15-16,18H,1-4H3;9-13H,1-4H3;1-8H;1-5,9H/t14-,15-,21+,22+,24-;2*10-,11-,15+,16+,18-;9-,10-,11+,12-,13+;;/m1111../s1. The van der Waals surface area contributed by atoms with Crippen molar-refractivity contribution in [1.29, 1.82) is 0 Å². The molecule has 2 N–H and O–H groups in total. The lowest BCUT2D eigenvalue weighted by Crippen LogP contribution is -2.61. The number of carbonyl (C=O) groups excluding carboxylic acids is 14. The lowest BCUT2D eigenvalue weighted by Gasteiger charge is -2.42. The number of nitrogens with zero attached hydrogens (tertiary/aromatic N) is 3. The number of Topliss-reactive ketones (excluding diaryl/α,β-unsaturated/α-hetero) is 1. The summed E-state index contributed by atoms with van der Waals surface area (Å²) < 4.78 is 106. The summed E-state index contributed by atoms with van der Waals surface area (Å²) in [5.74, 6) is -5.10. The van der Waals surface area contributed by atoms with Gasteiger partial charge in [-0.2, -0.15) is 0 Å². The molecule has 4 fully saturated rings. The number of phenolic OH excluding ortho intramolecular Hbond substituents is 1. The van der Waals surface area contributed by atoms with Crippen LogP contribution >= 0.6 is 15.9 Å². The molecule has 7 aromatic rings. The minimum atomic E-state index is -1.21. The molecule has 4 aliphatic heterocycles. The molecule has 140 heavy (non-hydrogen) atoms. The highest BCUT2D eigenvalue weighted by atomic mass is 79.9. The van der Waals surface area contributed by atoms with E-state index in [9.17, 15) is 97.5 Å². The van der Waals surface area contributed by atoms with Gasteiger partial charge in [-0.1, -0.05) is 81.7 Å². The Morgan fingerprint density at radius 3 is 0.907 bits per heavy atom. The Labute approximate surface area is 808 Å². The predicted molar refractivity (Wildman–Crippen MR) is 481 cm³/mol. The number of aldehydes is 2. The number of ether oxygens (including phenoxy) is 20. The second-order valence-electron chi connectivity index (χ2n) is 31.0. The average molecular weight is 2030 g/mol. The Balaban J connectivity index is 0.000000265. The maximum Gasteiger partial charge on any atom is 0.519 e. The van der Waals surface area contributed by atoms with Crippen molar-refractivity contribution in [3.05, 3.63) is 222 Å². The summed E-state index contributed by atoms with van der Waals surface area (Å²) in [6.45, 7) is 19.6. The molecular weight excluding hydrogens is 1920 g/mol. The van der Waals surface area contributed by atoms with Crippen LogP contribution in [-0.4, -0.2) is 216 Å². The van der Waals surface area contributed by atoms with Gasteiger partial charge < -0.3 is 105 Å². The molecule has 45 nitrogen and oxygen atoms in total. The number of aliphatic hydroxyl groups is 1. The molecular formula is C94H104BrN3O42. The van der Waals surface area contributed by atoms with Crippen LogP contribution in [0.2, 0.25) is 0 Å². The Bertz CT molecular complexity index is 5320. The van der Waals surface area contributed by atoms with E-state index in [0.29, 0.717) is 33.9 Å². The van der Waals surface area contributed by atoms with Gasteiger partial charge in [0.25, 0.3) is 17.1 Å². The SMILES string of the molecule is CC(=O)O[C@@H]1[C@@H](OC(C)=O)[C@@H](Br)O[C@H](C(C)=O)[C@H]1OC(C)=O.COC(=O)[C@H]1O[C@@H](Oc2ccc(C=O)cc2)[C@H](C)[C@@H](C)[C@@H]1OC(C)=O.COC(=O)[C@H]1O[C@@H](Oc2ccc(CO)cc2)[C@H](C)[C@@H](C)[C@@H]1OC(C)=O.COC(=O)[C@H]1O[C@@H](Oc2ccc(COC(=O)Oc3ccc([N+](=O)[O-])cc3)cc2)[C@H](C)[C@@H](C)[C@@H]1OC(C)=O.O=C(Oc1ccc([N+](=O)[O-])cc1)Oc1ccc([N+](=O)[O-])cc1.O=Cc1ccc(O)cc1. The number of aliphatic hydroxyl groups excluding tert-OH is 1. The van der Waals surface area contributed by atoms with Crippen molar-refractivity contribution < 1.29 is 187 Å². The molecule has 7 aromatic carbocycles. The Kier molecular flexibility index (Phi) is 45.0. The van der Waals surface area contributed by atoms with Gasteiger partial charge in [0, 0.05) is 125 Å². The summed E-state index contributed by atoms with van der Waals surface area (Å²) in [5.41, 5.74) is 2.10. The first-order valence-electron chi connectivity index (χ1n) is 42.3. The zero-order valence-electron chi connectivity index (χ0n) is 78.2. The van der Waals surface area contributed by atoms with E-state index in [1.54, 1.807) is 84.9 Å². The molecule has 11 rings (SSSR count). The van der Waals surface area contributed by atoms with Gasteiger partial charge in [0.1, 0.15) is 77.7 Å². The fourth-order valence-electron chi connectivity index (χ4n) is 13.3. The van der Waals surface area contributed by atoms with E-state index in [1.165, 1.54) is 141 Å². The molecule has 0 unspecified atom stereocenters. The second kappa shape index (κ2) is 55.4. The number of rotatable bonds is 27. The van der Waals surface area contributed by atoms with Crippen LogP contribution in [-0.2, 0) is 127 Å². The fourth-order valence-corrected chi connectivity index (χ4v) is 13.9. The number of benzene rings is 7. The number of aromatic hydroxyl groups is 1. The van der Waals surface area contributed by atoms with Gasteiger partial charge in [0.05, 0.1) is 42.7 Å². The maximum absolute atomic E-state index is 12.3. The highest BCUT2D eigenvalue weighted by Crippen LogP contribution is 2.40. The van der Waals surface area contributed by atoms with Crippen LogP contribution in [0.15, 0.2) is 170 Å². The summed E-state index contributed by atoms with van der Waals surface area (Å²) >= 11 is 3.13. The highest BCUT2D eigenvalue weighted by Gasteiger charge is 2.54. The third kappa shape index (κ3) is 35.2. The first-order valence-corrected chi connectivity index (χ1v) is 43.2. The molecule has 4 aliphatic rings. The van der Waals surface area contributed by atoms with Crippen molar-refractivity contribution in [3.8, 4) is 40.2 Å². The molecule has 0 amide bonds. The zero-order valence-corrected chi connectivity index (χ0v) is 79.8. The van der Waals surface area contributed by atoms with Crippen molar-refractivity contribution in [3.63, 3.8) is 0 Å². The highest BCUT2D eigenvalue weighted by molar-refractivity contribution is 9.09. The number of phenols is 1. The van der Waals surface area contributed by atoms with E-state index >= 15 is 0 Å². The Morgan fingerprint density at radius 1 is 0.350 bits per heavy atom. The Morgan fingerprint density at radius 2 is 0.621 bits per heavy atom. The van der Waals surface area contributed by atoms with Gasteiger partial charge in [-0.05, 0) is 127 Å². The molecule has 4 heterocycles. The van der Waals surface area contributed by atoms with Crippen molar-refractivity contribution in [2.24, 2.45) is 35.5 Å². The van der Waals surface area contributed by atoms with E-state index < -0.39 is 172 Å². The number of nitro benzene ring substituents is 3. The number of halogens is 1. The van der Waals surface area contributed by atoms with Gasteiger partial charge in [0.2, 0.25) is 18.9 Å². The molecule has 754 valence electrons. The quantitative estimate of drug-likeness (QED) is 0.00918. The molecule has 4 saturated heterocycles. The number of carbonyl (C=O) groups is 14. The Hall–Kier alpha value is -15.0. The minimum Gasteiger partial charge on any atom is -0.508 e. The van der Waals surface area contributed by atoms with Gasteiger partial charge in [-0.15, -0.1) is 0 Å². The average Bonchev–Trinajstić information content (AvgIpc) is 0.800. The fraction of sp³-hybridized carbons (Fsp3) is 0.404. The molecule has 0 saturated carbocycles. The first-order chi connectivity index (χ1) is 66.2. The van der Waals surface area contributed by atoms with Crippen molar-refractivity contribution in [2.45, 2.75) is 188 Å². The van der Waals surface area contributed by atoms with E-state index in [1.807, 2.05) is 41.5 Å². The maximum atomic E-state index is 12.3. The van der Waals surface area contributed by atoms with Crippen LogP contribution in [0.25, 0.3) is 0 Å². The molecule has 0 bridgehead atoms. The first kappa shape index (κ1) is 114. The van der Waals surface area contributed by atoms with E-state index in [0.717, 1.165) is 32.0 Å². The smallest absolute Gasteiger partial charge is 0.508 e. The third-order valence-electron chi connectivity index (χ3n) is 21.0. The predicted octanol–water partition coefficient (Wildman–Crippen LogP) is 12.2. The van der Waals surface area contributed by atoms with Crippen molar-refractivity contribution in [1.82, 2.24) is 0 Å². The van der Waals surface area contributed by atoms with E-state index in [2.05, 4.69) is 15.9 Å². The van der Waals surface area contributed by atoms with Crippen molar-refractivity contribution in [2.75, 3.05) is 21.3 Å². The second-order valence-corrected chi connectivity index (χ2v) is 31.9. The molecule has 0 spiro atoms. The van der Waals surface area contributed by atoms with Crippen LogP contribution in [0, 0.1) is 65.9 Å². The third-order valence-corrected chi connectivity index (χ3v) is 21.7. The molecule has 20 atom stereocenters. The van der Waals surface area contributed by atoms with E-state index in [4.69, 9.17) is 105 Å². The molecule has 0 aromatic heterocycles. The van der Waals surface area contributed by atoms with Gasteiger partial charge in [0.15, 0.2) is 53.5 Å². The van der Waals surface area contributed by atoms with Crippen LogP contribution < -0.4 is 28.4 Å². The summed E-state index contributed by atoms with van der Waals surface area (Å²) in [6, 6.07) is 40.9. The molecule has 0 aliphatic carbocycles. The van der Waals surface area contributed by atoms with Gasteiger partial charge in [-0.25, -0.2) is 24.0 Å². The van der Waals surface area contributed by atoms with Gasteiger partial charge >= 0.3 is 66.0 Å². The zero-order chi connectivity index (χ0) is 104. The number of esters is 9. The topological polar surface area (TPSA) is 593 Å². The summed E-state index contributed by atoms with van der Waals surface area (Å²) in [4.78, 5) is 190. The van der Waals surface area contributed by atoms with Crippen LogP contribution in [0.5, 0.6) is 40.2 Å². The number of methoxy groups -OCH3 is 3. The van der Waals surface area contributed by atoms with Crippen LogP contribution in [0.4, 0.5) is 26.7 Å². The number of ketones is 1. The minimum absolute atomic E-state index is 0.0534. The lowest BCUT2D eigenvalue weighted by atomic mass is 9.84. The molecule has 46 heteroatoms. The van der Waals surface area contributed by atoms with Crippen LogP contribution in [0.3, 0.4) is 0 Å². The summed E-state index contributed by atoms with van der Waals surface area (Å²) in [7, 11) is 3.72. The largest absolute Gasteiger partial charge is 0.519 e.